The Morgan fingerprint density at radius 2 is 1.69 bits per heavy atom. The van der Waals surface area contributed by atoms with Crippen LogP contribution in [0.15, 0.2) is 0 Å². The lowest BCUT2D eigenvalue weighted by Crippen LogP contribution is -2.52. The number of aliphatic carboxylic acids is 1. The van der Waals surface area contributed by atoms with Gasteiger partial charge in [-0.3, -0.25) is 4.79 Å². The molecule has 4 aliphatic carbocycles. The van der Waals surface area contributed by atoms with E-state index in [0.717, 1.165) is 24.2 Å². The minimum absolute atomic E-state index is 0.0142. The van der Waals surface area contributed by atoms with Gasteiger partial charge in [-0.15, -0.1) is 0 Å². The number of rotatable bonds is 1. The Morgan fingerprint density at radius 1 is 1.00 bits per heavy atom. The standard InChI is InChI=1S/C11H16O2/c12-11(13)10-5-6-1-2-9(10)8-4-3-7(6)8/h6-10H,1-5H2,(H,12,13)/t6-,7+,8-,9+,10-/m1/s1. The van der Waals surface area contributed by atoms with Crippen LogP contribution in [0.1, 0.15) is 32.1 Å². The minimum atomic E-state index is -0.528. The summed E-state index contributed by atoms with van der Waals surface area (Å²) in [5, 5.41) is 9.09. The fraction of sp³-hybridized carbons (Fsp3) is 0.909. The molecule has 1 N–H and O–H groups in total. The maximum atomic E-state index is 11.0. The van der Waals surface area contributed by atoms with E-state index in [2.05, 4.69) is 0 Å². The summed E-state index contributed by atoms with van der Waals surface area (Å²) in [4.78, 5) is 11.0. The van der Waals surface area contributed by atoms with Crippen molar-refractivity contribution in [1.82, 2.24) is 0 Å². The largest absolute Gasteiger partial charge is 0.481 e. The molecule has 0 aromatic rings. The summed E-state index contributed by atoms with van der Waals surface area (Å²) in [6, 6.07) is 0. The third-order valence-electron chi connectivity index (χ3n) is 4.80. The average Bonchev–Trinajstić information content (AvgIpc) is 2.03. The fourth-order valence-corrected chi connectivity index (χ4v) is 4.08. The van der Waals surface area contributed by atoms with Gasteiger partial charge in [0.2, 0.25) is 0 Å². The van der Waals surface area contributed by atoms with E-state index in [9.17, 15) is 4.79 Å². The zero-order chi connectivity index (χ0) is 9.00. The van der Waals surface area contributed by atoms with Crippen molar-refractivity contribution in [2.24, 2.45) is 29.6 Å². The molecular formula is C11H16O2. The third kappa shape index (κ3) is 0.918. The Morgan fingerprint density at radius 3 is 2.23 bits per heavy atom. The number of fused-ring (bicyclic) bond motifs is 2. The molecule has 5 atom stereocenters. The van der Waals surface area contributed by atoms with E-state index < -0.39 is 5.97 Å². The van der Waals surface area contributed by atoms with Crippen molar-refractivity contribution in [2.45, 2.75) is 32.1 Å². The van der Waals surface area contributed by atoms with E-state index in [-0.39, 0.29) is 5.92 Å². The number of hydrogen-bond acceptors (Lipinski definition) is 1. The van der Waals surface area contributed by atoms with Crippen LogP contribution in [0.25, 0.3) is 0 Å². The van der Waals surface area contributed by atoms with Crippen LogP contribution < -0.4 is 0 Å². The van der Waals surface area contributed by atoms with Crippen LogP contribution in [0, 0.1) is 29.6 Å². The summed E-state index contributed by atoms with van der Waals surface area (Å²) < 4.78 is 0. The van der Waals surface area contributed by atoms with Gasteiger partial charge in [0.15, 0.2) is 0 Å². The molecule has 4 aliphatic rings. The molecule has 0 aromatic carbocycles. The first-order valence-corrected chi connectivity index (χ1v) is 5.50. The second kappa shape index (κ2) is 2.49. The first kappa shape index (κ1) is 7.84. The van der Waals surface area contributed by atoms with Gasteiger partial charge in [0.1, 0.15) is 0 Å². The molecule has 0 aliphatic heterocycles. The molecule has 0 amide bonds. The second-order valence-corrected chi connectivity index (χ2v) is 5.09. The predicted octanol–water partition coefficient (Wildman–Crippen LogP) is 2.14. The molecule has 13 heavy (non-hydrogen) atoms. The summed E-state index contributed by atoms with van der Waals surface area (Å²) >= 11 is 0. The minimum Gasteiger partial charge on any atom is -0.481 e. The number of hydrogen-bond donors (Lipinski definition) is 1. The van der Waals surface area contributed by atoms with Crippen LogP contribution in [0.4, 0.5) is 0 Å². The molecular weight excluding hydrogens is 164 g/mol. The van der Waals surface area contributed by atoms with Gasteiger partial charge in [0, 0.05) is 0 Å². The van der Waals surface area contributed by atoms with Crippen LogP contribution in [0.2, 0.25) is 0 Å². The SMILES string of the molecule is O=C(O)[C@@H]1C[C@H]2CC[C@H]1[C@@H]1CC[C@@H]21. The van der Waals surface area contributed by atoms with E-state index in [1.165, 1.54) is 25.7 Å². The van der Waals surface area contributed by atoms with Gasteiger partial charge in [0.25, 0.3) is 0 Å². The lowest BCUT2D eigenvalue weighted by atomic mass is 9.47. The number of carboxylic acid groups (broad SMARTS) is 1. The smallest absolute Gasteiger partial charge is 0.306 e. The molecule has 0 saturated heterocycles. The second-order valence-electron chi connectivity index (χ2n) is 5.09. The van der Waals surface area contributed by atoms with Crippen molar-refractivity contribution >= 4 is 5.97 Å². The van der Waals surface area contributed by atoms with Gasteiger partial charge >= 0.3 is 5.97 Å². The lowest BCUT2D eigenvalue weighted by Gasteiger charge is -2.57. The predicted molar refractivity (Wildman–Crippen MR) is 48.2 cm³/mol. The molecule has 2 nitrogen and oxygen atoms in total. The Labute approximate surface area is 78.3 Å². The summed E-state index contributed by atoms with van der Waals surface area (Å²) in [6.07, 6.45) is 6.20. The fourth-order valence-electron chi connectivity index (χ4n) is 4.08. The van der Waals surface area contributed by atoms with E-state index in [1.54, 1.807) is 0 Å². The van der Waals surface area contributed by atoms with Gasteiger partial charge < -0.3 is 5.11 Å². The molecule has 2 heteroatoms. The van der Waals surface area contributed by atoms with Gasteiger partial charge in [-0.05, 0) is 55.8 Å². The first-order chi connectivity index (χ1) is 6.27. The molecule has 0 spiro atoms. The third-order valence-corrected chi connectivity index (χ3v) is 4.80. The van der Waals surface area contributed by atoms with Gasteiger partial charge in [-0.1, -0.05) is 0 Å². The summed E-state index contributed by atoms with van der Waals surface area (Å²) in [5.41, 5.74) is 0. The zero-order valence-corrected chi connectivity index (χ0v) is 7.78. The molecule has 0 unspecified atom stereocenters. The Balaban J connectivity index is 1.86. The maximum Gasteiger partial charge on any atom is 0.306 e. The molecule has 4 rings (SSSR count). The zero-order valence-electron chi connectivity index (χ0n) is 7.78. The first-order valence-electron chi connectivity index (χ1n) is 5.50. The van der Waals surface area contributed by atoms with Crippen LogP contribution in [-0.2, 0) is 4.79 Å². The van der Waals surface area contributed by atoms with Gasteiger partial charge in [-0.2, -0.15) is 0 Å². The molecule has 0 radical (unpaired) electrons. The van der Waals surface area contributed by atoms with E-state index in [0.29, 0.717) is 5.92 Å². The van der Waals surface area contributed by atoms with Crippen LogP contribution >= 0.6 is 0 Å². The summed E-state index contributed by atoms with van der Waals surface area (Å²) in [7, 11) is 0. The highest BCUT2D eigenvalue weighted by Gasteiger charge is 2.54. The molecule has 0 aromatic heterocycles. The van der Waals surface area contributed by atoms with Crippen LogP contribution in [0.5, 0.6) is 0 Å². The summed E-state index contributed by atoms with van der Waals surface area (Å²) in [6.45, 7) is 0. The monoisotopic (exact) mass is 180 g/mol. The Bertz CT molecular complexity index is 246. The van der Waals surface area contributed by atoms with E-state index in [4.69, 9.17) is 5.11 Å². The van der Waals surface area contributed by atoms with E-state index >= 15 is 0 Å². The normalized spacial score (nSPS) is 52.5. The van der Waals surface area contributed by atoms with Crippen molar-refractivity contribution < 1.29 is 9.90 Å². The molecule has 72 valence electrons. The van der Waals surface area contributed by atoms with E-state index in [1.807, 2.05) is 0 Å². The number of carbonyl (C=O) groups is 1. The van der Waals surface area contributed by atoms with Gasteiger partial charge in [0.05, 0.1) is 5.92 Å². The van der Waals surface area contributed by atoms with Crippen molar-refractivity contribution in [3.8, 4) is 0 Å². The topological polar surface area (TPSA) is 37.3 Å². The Hall–Kier alpha value is -0.530. The van der Waals surface area contributed by atoms with Crippen LogP contribution in [-0.4, -0.2) is 11.1 Å². The van der Waals surface area contributed by atoms with Crippen molar-refractivity contribution in [1.29, 1.82) is 0 Å². The Kier molecular flexibility index (Phi) is 1.50. The maximum absolute atomic E-state index is 11.0. The van der Waals surface area contributed by atoms with Crippen molar-refractivity contribution in [3.05, 3.63) is 0 Å². The highest BCUT2D eigenvalue weighted by Crippen LogP contribution is 2.59. The quantitative estimate of drug-likeness (QED) is 0.671. The average molecular weight is 180 g/mol. The molecule has 4 fully saturated rings. The van der Waals surface area contributed by atoms with Gasteiger partial charge in [-0.25, -0.2) is 0 Å². The summed E-state index contributed by atoms with van der Waals surface area (Å²) in [5.74, 6) is 2.52. The highest BCUT2D eigenvalue weighted by molar-refractivity contribution is 5.70. The van der Waals surface area contributed by atoms with Crippen molar-refractivity contribution in [2.75, 3.05) is 0 Å². The lowest BCUT2D eigenvalue weighted by molar-refractivity contribution is -0.158. The number of carboxylic acids is 1. The molecule has 2 bridgehead atoms. The van der Waals surface area contributed by atoms with Crippen LogP contribution in [0.3, 0.4) is 0 Å². The van der Waals surface area contributed by atoms with Crippen molar-refractivity contribution in [3.63, 3.8) is 0 Å². The highest BCUT2D eigenvalue weighted by atomic mass is 16.4. The molecule has 4 saturated carbocycles. The molecule has 0 heterocycles.